The Morgan fingerprint density at radius 1 is 1.33 bits per heavy atom. The third-order valence-corrected chi connectivity index (χ3v) is 3.04. The Labute approximate surface area is 116 Å². The predicted octanol–water partition coefficient (Wildman–Crippen LogP) is 3.11. The molecule has 1 aromatic rings. The molecule has 1 aromatic carbocycles. The summed E-state index contributed by atoms with van der Waals surface area (Å²) in [6.45, 7) is 7.56. The molecular formula is C14H22N2OS. The second-order valence-corrected chi connectivity index (χ2v) is 4.39. The van der Waals surface area contributed by atoms with Gasteiger partial charge in [-0.2, -0.15) is 5.26 Å². The van der Waals surface area contributed by atoms with E-state index in [2.05, 4.69) is 24.9 Å². The Hall–Kier alpha value is -1.18. The van der Waals surface area contributed by atoms with Crippen molar-refractivity contribution < 1.29 is 4.74 Å². The summed E-state index contributed by atoms with van der Waals surface area (Å²) in [4.78, 5) is 1.05. The van der Waals surface area contributed by atoms with Crippen molar-refractivity contribution in [1.82, 2.24) is 5.32 Å². The zero-order valence-corrected chi connectivity index (χ0v) is 12.5. The molecule has 0 spiro atoms. The molecule has 0 saturated heterocycles. The first-order valence-electron chi connectivity index (χ1n) is 5.98. The molecule has 0 aliphatic rings. The number of hydrogen-bond acceptors (Lipinski definition) is 4. The summed E-state index contributed by atoms with van der Waals surface area (Å²) in [5, 5.41) is 10.9. The normalized spacial score (nSPS) is 9.11. The van der Waals surface area contributed by atoms with Crippen LogP contribution in [-0.4, -0.2) is 20.2 Å². The Morgan fingerprint density at radius 3 is 2.28 bits per heavy atom. The van der Waals surface area contributed by atoms with Gasteiger partial charge in [0.05, 0.1) is 19.7 Å². The third kappa shape index (κ3) is 6.53. The molecule has 0 atom stereocenters. The molecule has 18 heavy (non-hydrogen) atoms. The van der Waals surface area contributed by atoms with E-state index >= 15 is 0 Å². The number of nitriles is 1. The van der Waals surface area contributed by atoms with Gasteiger partial charge < -0.3 is 10.1 Å². The van der Waals surface area contributed by atoms with Gasteiger partial charge in [0.15, 0.2) is 0 Å². The van der Waals surface area contributed by atoms with Crippen molar-refractivity contribution in [3.63, 3.8) is 0 Å². The van der Waals surface area contributed by atoms with E-state index in [1.165, 1.54) is 0 Å². The van der Waals surface area contributed by atoms with Crippen LogP contribution in [0.25, 0.3) is 0 Å². The molecule has 0 saturated carbocycles. The molecular weight excluding hydrogens is 244 g/mol. The zero-order valence-electron chi connectivity index (χ0n) is 11.6. The smallest absolute Gasteiger partial charge is 0.119 e. The molecule has 100 valence electrons. The highest BCUT2D eigenvalue weighted by molar-refractivity contribution is 7.80. The van der Waals surface area contributed by atoms with Crippen LogP contribution in [0, 0.1) is 25.2 Å². The van der Waals surface area contributed by atoms with Crippen molar-refractivity contribution in [2.45, 2.75) is 32.1 Å². The van der Waals surface area contributed by atoms with E-state index in [4.69, 9.17) is 10.00 Å². The molecule has 4 heteroatoms. The molecule has 0 amide bonds. The average molecular weight is 266 g/mol. The molecule has 0 aromatic heterocycles. The Balaban J connectivity index is 0.000000360. The zero-order chi connectivity index (χ0) is 14.0. The SMILES string of the molecule is CCCNCC#N.COc1cc(C)c(S)c(C)c1. The number of aryl methyl sites for hydroxylation is 2. The topological polar surface area (TPSA) is 45.0 Å². The molecule has 1 N–H and O–H groups in total. The van der Waals surface area contributed by atoms with E-state index in [0.717, 1.165) is 34.7 Å². The number of nitrogens with one attached hydrogen (secondary N) is 1. The van der Waals surface area contributed by atoms with Gasteiger partial charge in [0.1, 0.15) is 5.75 Å². The molecule has 1 rings (SSSR count). The second-order valence-electron chi connectivity index (χ2n) is 3.94. The van der Waals surface area contributed by atoms with Gasteiger partial charge in [0.2, 0.25) is 0 Å². The van der Waals surface area contributed by atoms with Crippen LogP contribution in [0.3, 0.4) is 0 Å². The van der Waals surface area contributed by atoms with Crippen molar-refractivity contribution in [3.8, 4) is 11.8 Å². The summed E-state index contributed by atoms with van der Waals surface area (Å²) >= 11 is 4.34. The lowest BCUT2D eigenvalue weighted by Gasteiger charge is -2.06. The molecule has 0 radical (unpaired) electrons. The summed E-state index contributed by atoms with van der Waals surface area (Å²) in [5.74, 6) is 0.901. The summed E-state index contributed by atoms with van der Waals surface area (Å²) < 4.78 is 5.10. The lowest BCUT2D eigenvalue weighted by Crippen LogP contribution is -2.13. The van der Waals surface area contributed by atoms with Gasteiger partial charge in [-0.05, 0) is 50.1 Å². The molecule has 0 aliphatic carbocycles. The van der Waals surface area contributed by atoms with Crippen LogP contribution in [0.2, 0.25) is 0 Å². The van der Waals surface area contributed by atoms with Crippen LogP contribution < -0.4 is 10.1 Å². The predicted molar refractivity (Wildman–Crippen MR) is 78.5 cm³/mol. The van der Waals surface area contributed by atoms with E-state index in [-0.39, 0.29) is 0 Å². The van der Waals surface area contributed by atoms with Crippen LogP contribution in [0.4, 0.5) is 0 Å². The Morgan fingerprint density at radius 2 is 1.89 bits per heavy atom. The van der Waals surface area contributed by atoms with E-state index in [1.807, 2.05) is 32.0 Å². The molecule has 3 nitrogen and oxygen atoms in total. The van der Waals surface area contributed by atoms with Crippen LogP contribution >= 0.6 is 12.6 Å². The maximum atomic E-state index is 7.98. The van der Waals surface area contributed by atoms with Crippen molar-refractivity contribution in [2.24, 2.45) is 0 Å². The van der Waals surface area contributed by atoms with E-state index in [0.29, 0.717) is 6.54 Å². The second kappa shape index (κ2) is 9.81. The molecule has 0 aliphatic heterocycles. The number of methoxy groups -OCH3 is 1. The fraction of sp³-hybridized carbons (Fsp3) is 0.500. The lowest BCUT2D eigenvalue weighted by atomic mass is 10.1. The minimum atomic E-state index is 0.480. The van der Waals surface area contributed by atoms with Crippen LogP contribution in [0.5, 0.6) is 5.75 Å². The summed E-state index contributed by atoms with van der Waals surface area (Å²) in [5.41, 5.74) is 2.32. The Kier molecular flexibility index (Phi) is 9.17. The highest BCUT2D eigenvalue weighted by atomic mass is 32.1. The van der Waals surface area contributed by atoms with Crippen LogP contribution in [0.1, 0.15) is 24.5 Å². The summed E-state index contributed by atoms with van der Waals surface area (Å²) in [7, 11) is 1.67. The quantitative estimate of drug-likeness (QED) is 0.500. The highest BCUT2D eigenvalue weighted by Gasteiger charge is 2.00. The van der Waals surface area contributed by atoms with Gasteiger partial charge >= 0.3 is 0 Å². The summed E-state index contributed by atoms with van der Waals surface area (Å²) in [6, 6.07) is 5.95. The van der Waals surface area contributed by atoms with Crippen molar-refractivity contribution in [3.05, 3.63) is 23.3 Å². The highest BCUT2D eigenvalue weighted by Crippen LogP contribution is 2.23. The van der Waals surface area contributed by atoms with E-state index < -0.39 is 0 Å². The largest absolute Gasteiger partial charge is 0.497 e. The molecule has 0 bridgehead atoms. The number of thiol groups is 1. The van der Waals surface area contributed by atoms with Gasteiger partial charge in [-0.1, -0.05) is 6.92 Å². The number of ether oxygens (including phenoxy) is 1. The van der Waals surface area contributed by atoms with Crippen molar-refractivity contribution in [1.29, 1.82) is 5.26 Å². The first-order chi connectivity index (χ1) is 8.56. The van der Waals surface area contributed by atoms with Gasteiger partial charge in [0, 0.05) is 4.90 Å². The molecule has 0 unspecified atom stereocenters. The van der Waals surface area contributed by atoms with Gasteiger partial charge in [-0.3, -0.25) is 0 Å². The fourth-order valence-corrected chi connectivity index (χ4v) is 1.48. The first kappa shape index (κ1) is 16.8. The van der Waals surface area contributed by atoms with E-state index in [1.54, 1.807) is 7.11 Å². The molecule has 0 fully saturated rings. The standard InChI is InChI=1S/C9H12OS.C5H10N2/c1-6-4-8(10-3)5-7(2)9(6)11;1-2-4-7-5-3-6/h4-5,11H,1-3H3;7H,2,4-5H2,1H3. The van der Waals surface area contributed by atoms with E-state index in [9.17, 15) is 0 Å². The molecule has 0 heterocycles. The summed E-state index contributed by atoms with van der Waals surface area (Å²) in [6.07, 6.45) is 1.10. The lowest BCUT2D eigenvalue weighted by molar-refractivity contribution is 0.413. The first-order valence-corrected chi connectivity index (χ1v) is 6.43. The maximum absolute atomic E-state index is 7.98. The fourth-order valence-electron chi connectivity index (χ4n) is 1.36. The maximum Gasteiger partial charge on any atom is 0.119 e. The van der Waals surface area contributed by atoms with Crippen LogP contribution in [0.15, 0.2) is 17.0 Å². The number of nitrogens with zero attached hydrogens (tertiary/aromatic N) is 1. The number of benzene rings is 1. The average Bonchev–Trinajstić information content (AvgIpc) is 2.37. The Bertz CT molecular complexity index is 376. The minimum absolute atomic E-state index is 0.480. The third-order valence-electron chi connectivity index (χ3n) is 2.33. The number of hydrogen-bond donors (Lipinski definition) is 2. The van der Waals surface area contributed by atoms with Crippen molar-refractivity contribution in [2.75, 3.05) is 20.2 Å². The van der Waals surface area contributed by atoms with Gasteiger partial charge in [-0.25, -0.2) is 0 Å². The monoisotopic (exact) mass is 266 g/mol. The van der Waals surface area contributed by atoms with Gasteiger partial charge in [0.25, 0.3) is 0 Å². The van der Waals surface area contributed by atoms with Gasteiger partial charge in [-0.15, -0.1) is 12.6 Å². The minimum Gasteiger partial charge on any atom is -0.497 e. The number of rotatable bonds is 4. The van der Waals surface area contributed by atoms with Crippen LogP contribution in [-0.2, 0) is 0 Å². The van der Waals surface area contributed by atoms with Crippen molar-refractivity contribution >= 4 is 12.6 Å².